The van der Waals surface area contributed by atoms with Gasteiger partial charge in [-0.3, -0.25) is 10.1 Å². The fraction of sp³-hybridized carbons (Fsp3) is 0.857. The normalized spacial score (nSPS) is 15.9. The molecule has 0 aromatic carbocycles. The number of rotatable bonds is 5. The van der Waals surface area contributed by atoms with Gasteiger partial charge in [-0.2, -0.15) is 0 Å². The standard InChI is InChI=1S/C7H15NO3/c1-3-7(2,6(10)11)8-4-5-9/h8-9H,3-5H2,1-2H3,(H,10,11). The van der Waals surface area contributed by atoms with E-state index in [2.05, 4.69) is 5.32 Å². The van der Waals surface area contributed by atoms with E-state index in [9.17, 15) is 4.79 Å². The summed E-state index contributed by atoms with van der Waals surface area (Å²) in [5.74, 6) is -0.881. The molecule has 0 saturated heterocycles. The summed E-state index contributed by atoms with van der Waals surface area (Å²) in [6.07, 6.45) is 0.502. The molecule has 0 saturated carbocycles. The summed E-state index contributed by atoms with van der Waals surface area (Å²) in [6, 6.07) is 0. The van der Waals surface area contributed by atoms with Crippen LogP contribution < -0.4 is 5.32 Å². The molecule has 0 aliphatic rings. The van der Waals surface area contributed by atoms with E-state index in [-0.39, 0.29) is 6.61 Å². The number of nitrogens with one attached hydrogen (secondary N) is 1. The number of hydrogen-bond donors (Lipinski definition) is 3. The molecule has 0 aliphatic heterocycles. The lowest BCUT2D eigenvalue weighted by Crippen LogP contribution is -2.49. The molecular formula is C7H15NO3. The SMILES string of the molecule is CCC(C)(NCCO)C(=O)O. The van der Waals surface area contributed by atoms with Gasteiger partial charge in [0.05, 0.1) is 6.61 Å². The van der Waals surface area contributed by atoms with E-state index in [1.807, 2.05) is 0 Å². The molecule has 11 heavy (non-hydrogen) atoms. The third-order valence-electron chi connectivity index (χ3n) is 1.81. The molecule has 3 N–H and O–H groups in total. The molecule has 0 aromatic heterocycles. The van der Waals surface area contributed by atoms with Crippen molar-refractivity contribution in [3.63, 3.8) is 0 Å². The lowest BCUT2D eigenvalue weighted by molar-refractivity contribution is -0.144. The molecule has 0 heterocycles. The molecule has 0 aliphatic carbocycles. The van der Waals surface area contributed by atoms with Crippen molar-refractivity contribution in [2.24, 2.45) is 0 Å². The lowest BCUT2D eigenvalue weighted by atomic mass is 9.99. The quantitative estimate of drug-likeness (QED) is 0.523. The largest absolute Gasteiger partial charge is 0.480 e. The summed E-state index contributed by atoms with van der Waals surface area (Å²) in [7, 11) is 0. The van der Waals surface area contributed by atoms with E-state index in [4.69, 9.17) is 10.2 Å². The van der Waals surface area contributed by atoms with Gasteiger partial charge in [0.1, 0.15) is 5.54 Å². The first-order chi connectivity index (χ1) is 5.06. The predicted octanol–water partition coefficient (Wildman–Crippen LogP) is -0.178. The van der Waals surface area contributed by atoms with Gasteiger partial charge in [0, 0.05) is 6.54 Å². The second-order valence-corrected chi connectivity index (χ2v) is 2.64. The fourth-order valence-electron chi connectivity index (χ4n) is 0.684. The van der Waals surface area contributed by atoms with Gasteiger partial charge in [-0.05, 0) is 13.3 Å². The predicted molar refractivity (Wildman–Crippen MR) is 41.4 cm³/mol. The van der Waals surface area contributed by atoms with Crippen molar-refractivity contribution < 1.29 is 15.0 Å². The van der Waals surface area contributed by atoms with Gasteiger partial charge in [0.2, 0.25) is 0 Å². The zero-order valence-electron chi connectivity index (χ0n) is 6.92. The van der Waals surface area contributed by atoms with Crippen LogP contribution in [0.2, 0.25) is 0 Å². The van der Waals surface area contributed by atoms with E-state index in [1.165, 1.54) is 0 Å². The zero-order valence-corrected chi connectivity index (χ0v) is 6.92. The highest BCUT2D eigenvalue weighted by Gasteiger charge is 2.29. The monoisotopic (exact) mass is 161 g/mol. The smallest absolute Gasteiger partial charge is 0.323 e. The molecule has 66 valence electrons. The molecule has 1 unspecified atom stereocenters. The van der Waals surface area contributed by atoms with Crippen LogP contribution in [0.3, 0.4) is 0 Å². The highest BCUT2D eigenvalue weighted by molar-refractivity contribution is 5.78. The first-order valence-electron chi connectivity index (χ1n) is 3.66. The Morgan fingerprint density at radius 1 is 1.64 bits per heavy atom. The van der Waals surface area contributed by atoms with Crippen LogP contribution in [0, 0.1) is 0 Å². The van der Waals surface area contributed by atoms with Gasteiger partial charge < -0.3 is 10.2 Å². The Morgan fingerprint density at radius 3 is 2.45 bits per heavy atom. The van der Waals surface area contributed by atoms with Crippen LogP contribution in [0.5, 0.6) is 0 Å². The minimum absolute atomic E-state index is 0.0388. The van der Waals surface area contributed by atoms with Crippen LogP contribution in [0.4, 0.5) is 0 Å². The summed E-state index contributed by atoms with van der Waals surface area (Å²) in [5.41, 5.74) is -0.900. The van der Waals surface area contributed by atoms with Gasteiger partial charge >= 0.3 is 5.97 Å². The van der Waals surface area contributed by atoms with Crippen molar-refractivity contribution in [3.8, 4) is 0 Å². The van der Waals surface area contributed by atoms with Crippen molar-refractivity contribution in [1.29, 1.82) is 0 Å². The summed E-state index contributed by atoms with van der Waals surface area (Å²) in [4.78, 5) is 10.6. The van der Waals surface area contributed by atoms with Gasteiger partial charge in [0.25, 0.3) is 0 Å². The second kappa shape index (κ2) is 4.31. The van der Waals surface area contributed by atoms with Crippen LogP contribution in [0.25, 0.3) is 0 Å². The topological polar surface area (TPSA) is 69.6 Å². The summed E-state index contributed by atoms with van der Waals surface area (Å²) < 4.78 is 0. The van der Waals surface area contributed by atoms with E-state index < -0.39 is 11.5 Å². The highest BCUT2D eigenvalue weighted by Crippen LogP contribution is 2.07. The average Bonchev–Trinajstić information content (AvgIpc) is 2.00. The molecule has 0 rings (SSSR count). The summed E-state index contributed by atoms with van der Waals surface area (Å²) in [5, 5.41) is 19.9. The maximum absolute atomic E-state index is 10.6. The Kier molecular flexibility index (Phi) is 4.07. The third kappa shape index (κ3) is 2.86. The molecular weight excluding hydrogens is 146 g/mol. The molecule has 0 spiro atoms. The zero-order chi connectivity index (χ0) is 8.91. The van der Waals surface area contributed by atoms with Crippen molar-refractivity contribution in [3.05, 3.63) is 0 Å². The summed E-state index contributed by atoms with van der Waals surface area (Å²) >= 11 is 0. The van der Waals surface area contributed by atoms with E-state index in [1.54, 1.807) is 13.8 Å². The van der Waals surface area contributed by atoms with Crippen LogP contribution in [-0.2, 0) is 4.79 Å². The maximum Gasteiger partial charge on any atom is 0.323 e. The molecule has 0 aromatic rings. The van der Waals surface area contributed by atoms with E-state index >= 15 is 0 Å². The molecule has 0 bridgehead atoms. The van der Waals surface area contributed by atoms with E-state index in [0.717, 1.165) is 0 Å². The molecule has 4 heteroatoms. The Balaban J connectivity index is 3.99. The Hall–Kier alpha value is -0.610. The minimum atomic E-state index is -0.900. The molecule has 0 radical (unpaired) electrons. The molecule has 0 amide bonds. The molecule has 4 nitrogen and oxygen atoms in total. The Bertz CT molecular complexity index is 138. The van der Waals surface area contributed by atoms with Crippen LogP contribution in [-0.4, -0.2) is 34.9 Å². The Morgan fingerprint density at radius 2 is 2.18 bits per heavy atom. The second-order valence-electron chi connectivity index (χ2n) is 2.64. The number of aliphatic hydroxyl groups excluding tert-OH is 1. The number of hydrogen-bond acceptors (Lipinski definition) is 3. The molecule has 1 atom stereocenters. The van der Waals surface area contributed by atoms with Crippen molar-refractivity contribution in [2.75, 3.05) is 13.2 Å². The Labute approximate surface area is 66.2 Å². The van der Waals surface area contributed by atoms with Crippen molar-refractivity contribution in [2.45, 2.75) is 25.8 Å². The van der Waals surface area contributed by atoms with Crippen molar-refractivity contribution in [1.82, 2.24) is 5.32 Å². The number of carboxylic acid groups (broad SMARTS) is 1. The lowest BCUT2D eigenvalue weighted by Gasteiger charge is -2.23. The number of carbonyl (C=O) groups is 1. The maximum atomic E-state index is 10.6. The van der Waals surface area contributed by atoms with Crippen LogP contribution in [0.15, 0.2) is 0 Å². The van der Waals surface area contributed by atoms with E-state index in [0.29, 0.717) is 13.0 Å². The van der Waals surface area contributed by atoms with Gasteiger partial charge in [-0.25, -0.2) is 0 Å². The van der Waals surface area contributed by atoms with Crippen molar-refractivity contribution >= 4 is 5.97 Å². The first-order valence-corrected chi connectivity index (χ1v) is 3.66. The number of aliphatic hydroxyl groups is 1. The average molecular weight is 161 g/mol. The molecule has 0 fully saturated rings. The van der Waals surface area contributed by atoms with Crippen LogP contribution in [0.1, 0.15) is 20.3 Å². The fourth-order valence-corrected chi connectivity index (χ4v) is 0.684. The number of β-amino-alcohol motifs (C(OH)–C–C–N with tert-alkyl or cyclic N) is 1. The van der Waals surface area contributed by atoms with Gasteiger partial charge in [-0.1, -0.05) is 6.92 Å². The summed E-state index contributed by atoms with van der Waals surface area (Å²) in [6.45, 7) is 3.67. The number of aliphatic carboxylic acids is 1. The highest BCUT2D eigenvalue weighted by atomic mass is 16.4. The van der Waals surface area contributed by atoms with Gasteiger partial charge in [-0.15, -0.1) is 0 Å². The minimum Gasteiger partial charge on any atom is -0.480 e. The first kappa shape index (κ1) is 10.4. The third-order valence-corrected chi connectivity index (χ3v) is 1.81. The number of carboxylic acids is 1. The van der Waals surface area contributed by atoms with Gasteiger partial charge in [0.15, 0.2) is 0 Å². The van der Waals surface area contributed by atoms with Crippen LogP contribution >= 0.6 is 0 Å².